The van der Waals surface area contributed by atoms with E-state index in [1.807, 2.05) is 0 Å². The summed E-state index contributed by atoms with van der Waals surface area (Å²) in [5.41, 5.74) is 0.435. The second kappa shape index (κ2) is 2.93. The minimum atomic E-state index is -0.102. The van der Waals surface area contributed by atoms with Crippen LogP contribution in [0.2, 0.25) is 5.02 Å². The van der Waals surface area contributed by atoms with Gasteiger partial charge in [0, 0.05) is 5.56 Å². The molecule has 0 unspecified atom stereocenters. The molecule has 1 rings (SSSR count). The predicted octanol–water partition coefficient (Wildman–Crippen LogP) is 2.25. The number of aromatic hydroxyl groups is 1. The number of carbonyl (C=O) groups excluding carboxylic acids is 1. The lowest BCUT2D eigenvalue weighted by molar-refractivity contribution is 0.101. The van der Waals surface area contributed by atoms with Gasteiger partial charge in [-0.1, -0.05) is 11.6 Å². The SMILES string of the molecule is CC(=O)c1ccc(O)cc1Cl. The van der Waals surface area contributed by atoms with Gasteiger partial charge in [0.05, 0.1) is 5.02 Å². The number of benzene rings is 1. The second-order valence-corrected chi connectivity index (χ2v) is 2.63. The molecule has 1 N–H and O–H groups in total. The van der Waals surface area contributed by atoms with Crippen molar-refractivity contribution in [3.05, 3.63) is 28.8 Å². The molecule has 3 heteroatoms. The Morgan fingerprint density at radius 2 is 2.18 bits per heavy atom. The van der Waals surface area contributed by atoms with Gasteiger partial charge in [-0.05, 0) is 25.1 Å². The Labute approximate surface area is 69.4 Å². The van der Waals surface area contributed by atoms with Crippen LogP contribution in [0.1, 0.15) is 17.3 Å². The third-order valence-electron chi connectivity index (χ3n) is 1.33. The van der Waals surface area contributed by atoms with E-state index in [1.54, 1.807) is 0 Å². The molecule has 0 aliphatic heterocycles. The number of hydrogen-bond acceptors (Lipinski definition) is 2. The van der Waals surface area contributed by atoms with Crippen LogP contribution in [0, 0.1) is 0 Å². The van der Waals surface area contributed by atoms with Crippen LogP contribution >= 0.6 is 11.6 Å². The summed E-state index contributed by atoms with van der Waals surface area (Å²) in [5, 5.41) is 9.21. The van der Waals surface area contributed by atoms with Crippen LogP contribution in [-0.2, 0) is 0 Å². The molecule has 1 aromatic rings. The molecule has 1 aromatic carbocycles. The normalized spacial score (nSPS) is 9.64. The smallest absolute Gasteiger partial charge is 0.161 e. The molecular weight excluding hydrogens is 164 g/mol. The first-order valence-electron chi connectivity index (χ1n) is 3.10. The van der Waals surface area contributed by atoms with Gasteiger partial charge in [-0.3, -0.25) is 4.79 Å². The molecule has 2 nitrogen and oxygen atoms in total. The van der Waals surface area contributed by atoms with Gasteiger partial charge >= 0.3 is 0 Å². The monoisotopic (exact) mass is 170 g/mol. The highest BCUT2D eigenvalue weighted by Gasteiger charge is 2.04. The third-order valence-corrected chi connectivity index (χ3v) is 1.64. The van der Waals surface area contributed by atoms with E-state index in [2.05, 4.69) is 0 Å². The van der Waals surface area contributed by atoms with Crippen molar-refractivity contribution in [3.63, 3.8) is 0 Å². The van der Waals surface area contributed by atoms with E-state index in [-0.39, 0.29) is 16.6 Å². The quantitative estimate of drug-likeness (QED) is 0.657. The Kier molecular flexibility index (Phi) is 2.15. The third kappa shape index (κ3) is 1.71. The molecule has 0 atom stereocenters. The molecule has 0 radical (unpaired) electrons. The van der Waals surface area contributed by atoms with Gasteiger partial charge in [0.1, 0.15) is 5.75 Å². The minimum Gasteiger partial charge on any atom is -0.508 e. The van der Waals surface area contributed by atoms with Crippen LogP contribution in [0.25, 0.3) is 0 Å². The van der Waals surface area contributed by atoms with Crippen molar-refractivity contribution in [2.75, 3.05) is 0 Å². The van der Waals surface area contributed by atoms with Crippen molar-refractivity contribution < 1.29 is 9.90 Å². The Balaban J connectivity index is 3.20. The molecule has 0 heterocycles. The first-order valence-corrected chi connectivity index (χ1v) is 3.48. The fraction of sp³-hybridized carbons (Fsp3) is 0.125. The van der Waals surface area contributed by atoms with Crippen molar-refractivity contribution >= 4 is 17.4 Å². The lowest BCUT2D eigenvalue weighted by Crippen LogP contribution is -1.91. The van der Waals surface area contributed by atoms with Gasteiger partial charge in [0.15, 0.2) is 5.78 Å². The number of halogens is 1. The van der Waals surface area contributed by atoms with Crippen LogP contribution in [0.15, 0.2) is 18.2 Å². The fourth-order valence-electron chi connectivity index (χ4n) is 0.790. The van der Waals surface area contributed by atoms with Crippen molar-refractivity contribution in [2.45, 2.75) is 6.92 Å². The number of phenols is 1. The number of phenolic OH excluding ortho intramolecular Hbond substituents is 1. The zero-order chi connectivity index (χ0) is 8.43. The van der Waals surface area contributed by atoms with Crippen LogP contribution in [0.3, 0.4) is 0 Å². The van der Waals surface area contributed by atoms with Crippen molar-refractivity contribution in [3.8, 4) is 5.75 Å². The molecule has 0 amide bonds. The molecule has 0 saturated carbocycles. The lowest BCUT2D eigenvalue weighted by Gasteiger charge is -1.98. The average Bonchev–Trinajstić information content (AvgIpc) is 1.85. The second-order valence-electron chi connectivity index (χ2n) is 2.22. The van der Waals surface area contributed by atoms with E-state index < -0.39 is 0 Å². The van der Waals surface area contributed by atoms with Gasteiger partial charge in [0.25, 0.3) is 0 Å². The summed E-state index contributed by atoms with van der Waals surface area (Å²) in [7, 11) is 0. The van der Waals surface area contributed by atoms with Gasteiger partial charge in [-0.2, -0.15) is 0 Å². The molecule has 58 valence electrons. The summed E-state index contributed by atoms with van der Waals surface area (Å²) in [5.74, 6) is -0.0324. The molecule has 11 heavy (non-hydrogen) atoms. The largest absolute Gasteiger partial charge is 0.508 e. The fourth-order valence-corrected chi connectivity index (χ4v) is 1.10. The van der Waals surface area contributed by atoms with Crippen molar-refractivity contribution in [1.82, 2.24) is 0 Å². The summed E-state index contributed by atoms with van der Waals surface area (Å²) in [6.07, 6.45) is 0. The number of rotatable bonds is 1. The van der Waals surface area contributed by atoms with Crippen molar-refractivity contribution in [2.24, 2.45) is 0 Å². The molecule has 0 saturated heterocycles. The van der Waals surface area contributed by atoms with E-state index in [0.29, 0.717) is 5.56 Å². The molecular formula is C8H7ClO2. The van der Waals surface area contributed by atoms with Crippen LogP contribution in [0.4, 0.5) is 0 Å². The Morgan fingerprint density at radius 3 is 2.64 bits per heavy atom. The standard InChI is InChI=1S/C8H7ClO2/c1-5(10)7-3-2-6(11)4-8(7)9/h2-4,11H,1H3. The first-order chi connectivity index (χ1) is 5.11. The lowest BCUT2D eigenvalue weighted by atomic mass is 10.1. The van der Waals surface area contributed by atoms with E-state index in [1.165, 1.54) is 25.1 Å². The van der Waals surface area contributed by atoms with E-state index in [9.17, 15) is 4.79 Å². The highest BCUT2D eigenvalue weighted by atomic mass is 35.5. The summed E-state index contributed by atoms with van der Waals surface area (Å²) in [6.45, 7) is 1.43. The minimum absolute atomic E-state index is 0.0694. The highest BCUT2D eigenvalue weighted by molar-refractivity contribution is 6.34. The van der Waals surface area contributed by atoms with E-state index in [4.69, 9.17) is 16.7 Å². The Morgan fingerprint density at radius 1 is 1.55 bits per heavy atom. The Bertz CT molecular complexity index is 294. The zero-order valence-corrected chi connectivity index (χ0v) is 6.72. The number of Topliss-reactive ketones (excluding diaryl/α,β-unsaturated/α-hetero) is 1. The molecule has 0 aliphatic rings. The maximum atomic E-state index is 10.8. The highest BCUT2D eigenvalue weighted by Crippen LogP contribution is 2.21. The van der Waals surface area contributed by atoms with Crippen LogP contribution in [0.5, 0.6) is 5.75 Å². The molecule has 0 fully saturated rings. The maximum Gasteiger partial charge on any atom is 0.161 e. The molecule has 0 bridgehead atoms. The predicted molar refractivity (Wildman–Crippen MR) is 43.1 cm³/mol. The molecule has 0 aliphatic carbocycles. The topological polar surface area (TPSA) is 37.3 Å². The number of carbonyl (C=O) groups is 1. The van der Waals surface area contributed by atoms with E-state index in [0.717, 1.165) is 0 Å². The summed E-state index contributed by atoms with van der Waals surface area (Å²) in [6, 6.07) is 4.28. The first kappa shape index (κ1) is 8.08. The van der Waals surface area contributed by atoms with Gasteiger partial charge in [-0.25, -0.2) is 0 Å². The zero-order valence-electron chi connectivity index (χ0n) is 5.97. The van der Waals surface area contributed by atoms with E-state index >= 15 is 0 Å². The molecule has 0 aromatic heterocycles. The van der Waals surface area contributed by atoms with Crippen LogP contribution < -0.4 is 0 Å². The average molecular weight is 171 g/mol. The maximum absolute atomic E-state index is 10.8. The summed E-state index contributed by atoms with van der Waals surface area (Å²) in [4.78, 5) is 10.8. The van der Waals surface area contributed by atoms with Gasteiger partial charge in [-0.15, -0.1) is 0 Å². The Hall–Kier alpha value is -1.02. The van der Waals surface area contributed by atoms with Gasteiger partial charge in [0.2, 0.25) is 0 Å². The summed E-state index contributed by atoms with van der Waals surface area (Å²) < 4.78 is 0. The van der Waals surface area contributed by atoms with Crippen molar-refractivity contribution in [1.29, 1.82) is 0 Å². The number of hydrogen-bond donors (Lipinski definition) is 1. The number of ketones is 1. The molecule has 0 spiro atoms. The van der Waals surface area contributed by atoms with Gasteiger partial charge < -0.3 is 5.11 Å². The summed E-state index contributed by atoms with van der Waals surface area (Å²) >= 11 is 5.64. The van der Waals surface area contributed by atoms with Crippen LogP contribution in [-0.4, -0.2) is 10.9 Å².